The summed E-state index contributed by atoms with van der Waals surface area (Å²) in [5, 5.41) is 3.45. The SMILES string of the molecule is CCC1(C)C(C)C(C)C1(C)C(C)NC. The van der Waals surface area contributed by atoms with Crippen LogP contribution in [-0.4, -0.2) is 13.1 Å². The molecule has 0 amide bonds. The van der Waals surface area contributed by atoms with Gasteiger partial charge in [0.05, 0.1) is 0 Å². The van der Waals surface area contributed by atoms with Gasteiger partial charge < -0.3 is 5.32 Å². The Balaban J connectivity index is 2.97. The van der Waals surface area contributed by atoms with E-state index >= 15 is 0 Å². The summed E-state index contributed by atoms with van der Waals surface area (Å²) in [4.78, 5) is 0. The molecule has 1 aliphatic carbocycles. The van der Waals surface area contributed by atoms with Gasteiger partial charge in [-0.05, 0) is 43.1 Å². The van der Waals surface area contributed by atoms with Gasteiger partial charge in [-0.25, -0.2) is 0 Å². The highest BCUT2D eigenvalue weighted by molar-refractivity contribution is 5.13. The monoisotopic (exact) mass is 197 g/mol. The van der Waals surface area contributed by atoms with E-state index in [0.29, 0.717) is 16.9 Å². The number of hydrogen-bond acceptors (Lipinski definition) is 1. The van der Waals surface area contributed by atoms with Gasteiger partial charge in [-0.1, -0.05) is 34.6 Å². The Morgan fingerprint density at radius 3 is 2.07 bits per heavy atom. The minimum absolute atomic E-state index is 0.454. The molecule has 1 rings (SSSR count). The van der Waals surface area contributed by atoms with E-state index in [4.69, 9.17) is 0 Å². The van der Waals surface area contributed by atoms with Crippen LogP contribution in [0.4, 0.5) is 0 Å². The maximum Gasteiger partial charge on any atom is 0.00975 e. The van der Waals surface area contributed by atoms with Crippen molar-refractivity contribution in [2.45, 2.75) is 54.0 Å². The van der Waals surface area contributed by atoms with Gasteiger partial charge in [0.15, 0.2) is 0 Å². The fraction of sp³-hybridized carbons (Fsp3) is 1.00. The van der Waals surface area contributed by atoms with Crippen LogP contribution in [0, 0.1) is 22.7 Å². The van der Waals surface area contributed by atoms with Gasteiger partial charge >= 0.3 is 0 Å². The Kier molecular flexibility index (Phi) is 3.02. The van der Waals surface area contributed by atoms with Crippen LogP contribution in [0.1, 0.15) is 48.0 Å². The molecule has 0 spiro atoms. The van der Waals surface area contributed by atoms with E-state index in [1.165, 1.54) is 6.42 Å². The van der Waals surface area contributed by atoms with Crippen molar-refractivity contribution in [3.8, 4) is 0 Å². The van der Waals surface area contributed by atoms with Crippen LogP contribution >= 0.6 is 0 Å². The molecule has 0 aliphatic heterocycles. The lowest BCUT2D eigenvalue weighted by molar-refractivity contribution is -0.191. The lowest BCUT2D eigenvalue weighted by Gasteiger charge is -2.68. The summed E-state index contributed by atoms with van der Waals surface area (Å²) >= 11 is 0. The maximum absolute atomic E-state index is 3.45. The van der Waals surface area contributed by atoms with Crippen LogP contribution in [0.2, 0.25) is 0 Å². The summed E-state index contributed by atoms with van der Waals surface area (Å²) in [5.74, 6) is 1.68. The molecular weight excluding hydrogens is 170 g/mol. The Bertz CT molecular complexity index is 207. The second-order valence-corrected chi connectivity index (χ2v) is 5.64. The van der Waals surface area contributed by atoms with Crippen molar-refractivity contribution in [1.82, 2.24) is 5.32 Å². The fourth-order valence-electron chi connectivity index (χ4n) is 3.88. The van der Waals surface area contributed by atoms with Crippen molar-refractivity contribution in [2.75, 3.05) is 7.05 Å². The quantitative estimate of drug-likeness (QED) is 0.732. The second-order valence-electron chi connectivity index (χ2n) is 5.64. The molecular formula is C13H27N. The highest BCUT2D eigenvalue weighted by atomic mass is 14.9. The molecule has 0 aromatic heterocycles. The molecule has 0 aromatic rings. The second kappa shape index (κ2) is 3.52. The molecule has 0 saturated heterocycles. The molecule has 5 unspecified atom stereocenters. The molecule has 0 radical (unpaired) electrons. The van der Waals surface area contributed by atoms with Gasteiger partial charge in [0.25, 0.3) is 0 Å². The molecule has 0 aromatic carbocycles. The average molecular weight is 197 g/mol. The average Bonchev–Trinajstić information content (AvgIpc) is 2.23. The van der Waals surface area contributed by atoms with E-state index in [9.17, 15) is 0 Å². The normalized spacial score (nSPS) is 49.9. The van der Waals surface area contributed by atoms with Crippen molar-refractivity contribution in [2.24, 2.45) is 22.7 Å². The van der Waals surface area contributed by atoms with Gasteiger partial charge in [0.2, 0.25) is 0 Å². The van der Waals surface area contributed by atoms with Crippen LogP contribution in [0.3, 0.4) is 0 Å². The van der Waals surface area contributed by atoms with E-state index in [1.807, 2.05) is 0 Å². The summed E-state index contributed by atoms with van der Waals surface area (Å²) in [6.45, 7) is 14.4. The van der Waals surface area contributed by atoms with Crippen molar-refractivity contribution in [3.63, 3.8) is 0 Å². The predicted molar refractivity (Wildman–Crippen MR) is 63.4 cm³/mol. The zero-order valence-corrected chi connectivity index (χ0v) is 10.9. The van der Waals surface area contributed by atoms with E-state index in [-0.39, 0.29) is 0 Å². The molecule has 84 valence electrons. The molecule has 1 nitrogen and oxygen atoms in total. The maximum atomic E-state index is 3.45. The van der Waals surface area contributed by atoms with E-state index in [1.54, 1.807) is 0 Å². The van der Waals surface area contributed by atoms with Crippen molar-refractivity contribution >= 4 is 0 Å². The molecule has 14 heavy (non-hydrogen) atoms. The first-order valence-electron chi connectivity index (χ1n) is 6.03. The number of rotatable bonds is 3. The zero-order chi connectivity index (χ0) is 11.1. The van der Waals surface area contributed by atoms with Gasteiger partial charge in [0, 0.05) is 6.04 Å². The van der Waals surface area contributed by atoms with Crippen LogP contribution < -0.4 is 5.32 Å². The molecule has 1 fully saturated rings. The minimum Gasteiger partial charge on any atom is -0.317 e. The van der Waals surface area contributed by atoms with Crippen LogP contribution in [0.15, 0.2) is 0 Å². The van der Waals surface area contributed by atoms with Crippen molar-refractivity contribution in [1.29, 1.82) is 0 Å². The molecule has 5 atom stereocenters. The van der Waals surface area contributed by atoms with Gasteiger partial charge in [-0.3, -0.25) is 0 Å². The predicted octanol–water partition coefficient (Wildman–Crippen LogP) is 3.30. The molecule has 0 bridgehead atoms. The Morgan fingerprint density at radius 1 is 1.21 bits per heavy atom. The lowest BCUT2D eigenvalue weighted by Crippen LogP contribution is -2.67. The highest BCUT2D eigenvalue weighted by Crippen LogP contribution is 2.67. The Morgan fingerprint density at radius 2 is 1.71 bits per heavy atom. The first kappa shape index (κ1) is 12.0. The van der Waals surface area contributed by atoms with E-state index < -0.39 is 0 Å². The van der Waals surface area contributed by atoms with Gasteiger partial charge in [0.1, 0.15) is 0 Å². The Hall–Kier alpha value is -0.0400. The van der Waals surface area contributed by atoms with E-state index in [0.717, 1.165) is 11.8 Å². The van der Waals surface area contributed by atoms with Crippen LogP contribution in [-0.2, 0) is 0 Å². The summed E-state index contributed by atoms with van der Waals surface area (Å²) in [5.41, 5.74) is 0.963. The highest BCUT2D eigenvalue weighted by Gasteiger charge is 2.63. The molecule has 1 saturated carbocycles. The summed E-state index contributed by atoms with van der Waals surface area (Å²) in [6.07, 6.45) is 1.29. The summed E-state index contributed by atoms with van der Waals surface area (Å²) in [7, 11) is 2.09. The largest absolute Gasteiger partial charge is 0.317 e. The third kappa shape index (κ3) is 1.11. The zero-order valence-electron chi connectivity index (χ0n) is 10.9. The third-order valence-corrected chi connectivity index (χ3v) is 6.00. The number of hydrogen-bond donors (Lipinski definition) is 1. The minimum atomic E-state index is 0.454. The third-order valence-electron chi connectivity index (χ3n) is 6.00. The fourth-order valence-corrected chi connectivity index (χ4v) is 3.88. The molecule has 1 heteroatoms. The summed E-state index contributed by atoms with van der Waals surface area (Å²) in [6, 6.07) is 0.610. The topological polar surface area (TPSA) is 12.0 Å². The van der Waals surface area contributed by atoms with Crippen LogP contribution in [0.5, 0.6) is 0 Å². The van der Waals surface area contributed by atoms with Crippen molar-refractivity contribution in [3.05, 3.63) is 0 Å². The van der Waals surface area contributed by atoms with E-state index in [2.05, 4.69) is 53.9 Å². The lowest BCUT2D eigenvalue weighted by atomic mass is 9.37. The molecule has 1 aliphatic rings. The first-order chi connectivity index (χ1) is 6.36. The molecule has 1 N–H and O–H groups in total. The van der Waals surface area contributed by atoms with Gasteiger partial charge in [-0.2, -0.15) is 0 Å². The first-order valence-corrected chi connectivity index (χ1v) is 6.03. The molecule has 0 heterocycles. The van der Waals surface area contributed by atoms with Crippen LogP contribution in [0.25, 0.3) is 0 Å². The standard InChI is InChI=1S/C13H27N/c1-8-12(5)9(2)10(3)13(12,6)11(4)14-7/h9-11,14H,8H2,1-7H3. The smallest absolute Gasteiger partial charge is 0.00975 e. The summed E-state index contributed by atoms with van der Waals surface area (Å²) < 4.78 is 0. The number of nitrogens with one attached hydrogen (secondary N) is 1. The van der Waals surface area contributed by atoms with Gasteiger partial charge in [-0.15, -0.1) is 0 Å². The Labute approximate surface area is 89.7 Å². The van der Waals surface area contributed by atoms with Crippen molar-refractivity contribution < 1.29 is 0 Å².